The van der Waals surface area contributed by atoms with Gasteiger partial charge >= 0.3 is 6.08 Å². The van der Waals surface area contributed by atoms with Crippen molar-refractivity contribution in [3.05, 3.63) is 23.5 Å². The maximum Gasteiger partial charge on any atom is 0.310 e. The van der Waals surface area contributed by atoms with E-state index >= 15 is 0 Å². The Hall–Kier alpha value is -2.04. The first-order valence-corrected chi connectivity index (χ1v) is 6.01. The lowest BCUT2D eigenvalue weighted by atomic mass is 10.2. The van der Waals surface area contributed by atoms with Gasteiger partial charge in [0.25, 0.3) is 0 Å². The normalized spacial score (nSPS) is 25.4. The van der Waals surface area contributed by atoms with Gasteiger partial charge < -0.3 is 20.7 Å². The number of imidazole rings is 1. The molecule has 112 valence electrons. The van der Waals surface area contributed by atoms with E-state index in [1.54, 1.807) is 0 Å². The molecule has 4 N–H and O–H groups in total. The summed E-state index contributed by atoms with van der Waals surface area (Å²) in [7, 11) is 0. The van der Waals surface area contributed by atoms with E-state index in [0.29, 0.717) is 0 Å². The molecule has 0 aliphatic carbocycles. The van der Waals surface area contributed by atoms with Crippen LogP contribution in [0.25, 0.3) is 11.2 Å². The van der Waals surface area contributed by atoms with Gasteiger partial charge in [-0.1, -0.05) is 0 Å². The quantitative estimate of drug-likeness (QED) is 0.652. The highest BCUT2D eigenvalue weighted by Crippen LogP contribution is 2.36. The van der Waals surface area contributed by atoms with Gasteiger partial charge in [0.1, 0.15) is 24.1 Å². The molecule has 1 fully saturated rings. The van der Waals surface area contributed by atoms with Crippen LogP contribution >= 0.6 is 11.6 Å². The smallest absolute Gasteiger partial charge is 0.310 e. The van der Waals surface area contributed by atoms with Crippen LogP contribution in [0.4, 0.5) is 14.6 Å². The maximum absolute atomic E-state index is 12.6. The van der Waals surface area contributed by atoms with Crippen molar-refractivity contribution in [1.82, 2.24) is 19.5 Å². The van der Waals surface area contributed by atoms with Gasteiger partial charge in [-0.2, -0.15) is 18.7 Å². The van der Waals surface area contributed by atoms with Crippen molar-refractivity contribution >= 4 is 28.6 Å². The molecule has 1 saturated heterocycles. The molecule has 0 bridgehead atoms. The SMILES string of the molecule is Nc1nc(Cl)nc2c1ncn2[C@@H]1OC(=C(F)F)C(O)C1O. The number of nitrogens with two attached hydrogens (primary N) is 1. The van der Waals surface area contributed by atoms with Crippen molar-refractivity contribution in [3.8, 4) is 0 Å². The fourth-order valence-corrected chi connectivity index (χ4v) is 2.23. The molecule has 2 unspecified atom stereocenters. The Balaban J connectivity index is 2.12. The summed E-state index contributed by atoms with van der Waals surface area (Å²) in [4.78, 5) is 11.5. The van der Waals surface area contributed by atoms with Crippen LogP contribution < -0.4 is 5.73 Å². The number of aliphatic hydroxyl groups excluding tert-OH is 2. The molecule has 0 spiro atoms. The van der Waals surface area contributed by atoms with E-state index < -0.39 is 30.3 Å². The molecule has 0 radical (unpaired) electrons. The number of hydrogen-bond acceptors (Lipinski definition) is 7. The van der Waals surface area contributed by atoms with Crippen LogP contribution in [-0.4, -0.2) is 41.9 Å². The lowest BCUT2D eigenvalue weighted by Gasteiger charge is -2.15. The van der Waals surface area contributed by atoms with Crippen LogP contribution in [0.3, 0.4) is 0 Å². The third kappa shape index (κ3) is 2.07. The predicted octanol–water partition coefficient (Wildman–Crippen LogP) is 0.421. The van der Waals surface area contributed by atoms with Crippen molar-refractivity contribution in [2.24, 2.45) is 0 Å². The first kappa shape index (κ1) is 13.9. The number of fused-ring (bicyclic) bond motifs is 1. The third-order valence-electron chi connectivity index (χ3n) is 3.01. The lowest BCUT2D eigenvalue weighted by Crippen LogP contribution is -2.27. The van der Waals surface area contributed by atoms with E-state index in [-0.39, 0.29) is 22.3 Å². The molecule has 11 heteroatoms. The molecule has 2 aromatic rings. The summed E-state index contributed by atoms with van der Waals surface area (Å²) in [5.74, 6) is -1.01. The molecule has 3 rings (SSSR count). The molecule has 0 aromatic carbocycles. The van der Waals surface area contributed by atoms with Crippen molar-refractivity contribution < 1.29 is 23.7 Å². The molecule has 1 aliphatic rings. The van der Waals surface area contributed by atoms with Crippen LogP contribution in [0.2, 0.25) is 5.28 Å². The van der Waals surface area contributed by atoms with Gasteiger partial charge in [0.15, 0.2) is 17.2 Å². The summed E-state index contributed by atoms with van der Waals surface area (Å²) >= 11 is 5.68. The van der Waals surface area contributed by atoms with Crippen LogP contribution in [-0.2, 0) is 4.74 Å². The fourth-order valence-electron chi connectivity index (χ4n) is 2.06. The molecular formula is C10H8ClF2N5O3. The minimum absolute atomic E-state index is 0.00998. The Morgan fingerprint density at radius 2 is 2.10 bits per heavy atom. The summed E-state index contributed by atoms with van der Waals surface area (Å²) in [5, 5.41) is 19.2. The van der Waals surface area contributed by atoms with Gasteiger partial charge in [-0.15, -0.1) is 0 Å². The van der Waals surface area contributed by atoms with Gasteiger partial charge in [0.05, 0.1) is 0 Å². The van der Waals surface area contributed by atoms with Crippen LogP contribution in [0.1, 0.15) is 6.23 Å². The zero-order valence-electron chi connectivity index (χ0n) is 10.1. The summed E-state index contributed by atoms with van der Waals surface area (Å²) in [6.45, 7) is 0. The Labute approximate surface area is 120 Å². The highest BCUT2D eigenvalue weighted by Gasteiger charge is 2.44. The molecule has 2 aromatic heterocycles. The molecule has 3 heterocycles. The van der Waals surface area contributed by atoms with E-state index in [9.17, 15) is 19.0 Å². The highest BCUT2D eigenvalue weighted by molar-refractivity contribution is 6.28. The first-order valence-electron chi connectivity index (χ1n) is 5.63. The van der Waals surface area contributed by atoms with Crippen LogP contribution in [0.15, 0.2) is 18.2 Å². The van der Waals surface area contributed by atoms with E-state index in [2.05, 4.69) is 15.0 Å². The minimum Gasteiger partial charge on any atom is -0.463 e. The van der Waals surface area contributed by atoms with Crippen molar-refractivity contribution in [2.75, 3.05) is 5.73 Å². The summed E-state index contributed by atoms with van der Waals surface area (Å²) in [6.07, 6.45) is -5.88. The number of nitrogen functional groups attached to an aromatic ring is 1. The standard InChI is InChI=1S/C10H8ClF2N5O3/c11-10-16-7(14)2-8(17-10)18(1-15-2)9-4(20)3(19)5(21-9)6(12)13/h1,3-4,9,19-20H,(H2,14,16,17)/t3?,4?,9-/m1/s1. The van der Waals surface area contributed by atoms with Crippen molar-refractivity contribution in [2.45, 2.75) is 18.4 Å². The molecule has 0 saturated carbocycles. The van der Waals surface area contributed by atoms with E-state index in [1.807, 2.05) is 0 Å². The number of anilines is 1. The number of rotatable bonds is 1. The largest absolute Gasteiger partial charge is 0.463 e. The zero-order valence-corrected chi connectivity index (χ0v) is 10.9. The number of aromatic nitrogens is 4. The summed E-state index contributed by atoms with van der Waals surface area (Å²) < 4.78 is 31.3. The molecular weight excluding hydrogens is 312 g/mol. The average molecular weight is 320 g/mol. The Kier molecular flexibility index (Phi) is 3.15. The zero-order chi connectivity index (χ0) is 15.3. The number of nitrogens with zero attached hydrogens (tertiary/aromatic N) is 4. The number of aliphatic hydroxyl groups is 2. The van der Waals surface area contributed by atoms with Crippen molar-refractivity contribution in [1.29, 1.82) is 0 Å². The van der Waals surface area contributed by atoms with Crippen molar-refractivity contribution in [3.63, 3.8) is 0 Å². The molecule has 21 heavy (non-hydrogen) atoms. The Morgan fingerprint density at radius 3 is 2.71 bits per heavy atom. The lowest BCUT2D eigenvalue weighted by molar-refractivity contribution is -0.0124. The molecule has 0 amide bonds. The molecule has 8 nitrogen and oxygen atoms in total. The van der Waals surface area contributed by atoms with E-state index in [1.165, 1.54) is 6.33 Å². The number of hydrogen-bond donors (Lipinski definition) is 3. The van der Waals surface area contributed by atoms with E-state index in [4.69, 9.17) is 22.1 Å². The van der Waals surface area contributed by atoms with Crippen LogP contribution in [0.5, 0.6) is 0 Å². The Morgan fingerprint density at radius 1 is 1.38 bits per heavy atom. The fraction of sp³-hybridized carbons (Fsp3) is 0.300. The van der Waals surface area contributed by atoms with Gasteiger partial charge in [-0.3, -0.25) is 4.57 Å². The average Bonchev–Trinajstić information content (AvgIpc) is 2.93. The second-order valence-electron chi connectivity index (χ2n) is 4.27. The Bertz CT molecular complexity index is 748. The minimum atomic E-state index is -2.22. The van der Waals surface area contributed by atoms with Gasteiger partial charge in [0.2, 0.25) is 11.5 Å². The summed E-state index contributed by atoms with van der Waals surface area (Å²) in [5.41, 5.74) is 5.87. The topological polar surface area (TPSA) is 119 Å². The second-order valence-corrected chi connectivity index (χ2v) is 4.61. The van der Waals surface area contributed by atoms with Gasteiger partial charge in [0, 0.05) is 0 Å². The maximum atomic E-state index is 12.6. The molecule has 1 aliphatic heterocycles. The summed E-state index contributed by atoms with van der Waals surface area (Å²) in [6, 6.07) is 0. The predicted molar refractivity (Wildman–Crippen MR) is 66.1 cm³/mol. The van der Waals surface area contributed by atoms with Gasteiger partial charge in [-0.25, -0.2) is 4.98 Å². The third-order valence-corrected chi connectivity index (χ3v) is 3.18. The van der Waals surface area contributed by atoms with Crippen LogP contribution in [0, 0.1) is 0 Å². The first-order chi connectivity index (χ1) is 9.90. The number of ether oxygens (including phenoxy) is 1. The number of halogens is 3. The van der Waals surface area contributed by atoms with Gasteiger partial charge in [-0.05, 0) is 11.6 Å². The molecule has 3 atom stereocenters. The second kappa shape index (κ2) is 4.76. The monoisotopic (exact) mass is 319 g/mol. The highest BCUT2D eigenvalue weighted by atomic mass is 35.5. The van der Waals surface area contributed by atoms with E-state index in [0.717, 1.165) is 4.57 Å².